The third kappa shape index (κ3) is 3.05. The highest BCUT2D eigenvalue weighted by Crippen LogP contribution is 2.37. The third-order valence-corrected chi connectivity index (χ3v) is 3.67. The molecule has 94 valence electrons. The van der Waals surface area contributed by atoms with Crippen LogP contribution in [-0.2, 0) is 0 Å². The largest absolute Gasteiger partial charge is 0.329 e. The lowest BCUT2D eigenvalue weighted by Crippen LogP contribution is -2.30. The molecule has 0 heterocycles. The lowest BCUT2D eigenvalue weighted by Gasteiger charge is -2.18. The predicted molar refractivity (Wildman–Crippen MR) is 68.2 cm³/mol. The van der Waals surface area contributed by atoms with E-state index in [2.05, 4.69) is 12.2 Å². The van der Waals surface area contributed by atoms with E-state index in [1.54, 1.807) is 6.07 Å². The summed E-state index contributed by atoms with van der Waals surface area (Å²) in [6, 6.07) is 5.13. The second kappa shape index (κ2) is 5.15. The van der Waals surface area contributed by atoms with Gasteiger partial charge in [0.2, 0.25) is 0 Å². The first-order valence-electron chi connectivity index (χ1n) is 6.31. The molecule has 1 fully saturated rings. The van der Waals surface area contributed by atoms with E-state index in [1.165, 1.54) is 12.5 Å². The minimum Gasteiger partial charge on any atom is -0.329 e. The summed E-state index contributed by atoms with van der Waals surface area (Å²) in [6.45, 7) is 5.59. The normalized spacial score (nSPS) is 24.7. The SMILES string of the molecule is Cc1ccc(F)c(C(CN)NCC2CC2C)c1. The van der Waals surface area contributed by atoms with Crippen LogP contribution in [0.1, 0.15) is 30.5 Å². The molecule has 0 saturated heterocycles. The monoisotopic (exact) mass is 236 g/mol. The Morgan fingerprint density at radius 3 is 2.82 bits per heavy atom. The summed E-state index contributed by atoms with van der Waals surface area (Å²) in [6.07, 6.45) is 1.28. The third-order valence-electron chi connectivity index (χ3n) is 3.67. The fraction of sp³-hybridized carbons (Fsp3) is 0.571. The van der Waals surface area contributed by atoms with Gasteiger partial charge in [0.25, 0.3) is 0 Å². The summed E-state index contributed by atoms with van der Waals surface area (Å²) in [4.78, 5) is 0. The molecule has 2 rings (SSSR count). The molecule has 3 N–H and O–H groups in total. The molecule has 1 aliphatic carbocycles. The maximum Gasteiger partial charge on any atom is 0.128 e. The predicted octanol–water partition coefficient (Wildman–Crippen LogP) is 2.38. The number of aryl methyl sites for hydroxylation is 1. The summed E-state index contributed by atoms with van der Waals surface area (Å²) in [5.74, 6) is 1.39. The van der Waals surface area contributed by atoms with Crippen molar-refractivity contribution >= 4 is 0 Å². The summed E-state index contributed by atoms with van der Waals surface area (Å²) in [5.41, 5.74) is 7.50. The molecule has 0 amide bonds. The highest BCUT2D eigenvalue weighted by atomic mass is 19.1. The molecule has 0 spiro atoms. The van der Waals surface area contributed by atoms with Crippen molar-refractivity contribution in [3.63, 3.8) is 0 Å². The van der Waals surface area contributed by atoms with Gasteiger partial charge < -0.3 is 11.1 Å². The molecular formula is C14H21FN2. The molecule has 0 aromatic heterocycles. The van der Waals surface area contributed by atoms with E-state index in [4.69, 9.17) is 5.73 Å². The topological polar surface area (TPSA) is 38.0 Å². The van der Waals surface area contributed by atoms with Crippen molar-refractivity contribution in [1.82, 2.24) is 5.32 Å². The second-order valence-electron chi connectivity index (χ2n) is 5.19. The molecule has 1 aromatic rings. The Labute approximate surface area is 102 Å². The molecule has 2 nitrogen and oxygen atoms in total. The average Bonchev–Trinajstić information content (AvgIpc) is 3.00. The van der Waals surface area contributed by atoms with E-state index >= 15 is 0 Å². The minimum atomic E-state index is -0.164. The summed E-state index contributed by atoms with van der Waals surface area (Å²) >= 11 is 0. The molecule has 3 atom stereocenters. The molecule has 1 aliphatic rings. The van der Waals surface area contributed by atoms with Crippen LogP contribution in [0.3, 0.4) is 0 Å². The molecule has 1 aromatic carbocycles. The van der Waals surface area contributed by atoms with Gasteiger partial charge in [-0.3, -0.25) is 0 Å². The average molecular weight is 236 g/mol. The van der Waals surface area contributed by atoms with Crippen LogP contribution < -0.4 is 11.1 Å². The van der Waals surface area contributed by atoms with Gasteiger partial charge in [-0.05, 0) is 37.8 Å². The van der Waals surface area contributed by atoms with Crippen LogP contribution in [0.25, 0.3) is 0 Å². The van der Waals surface area contributed by atoms with E-state index in [0.29, 0.717) is 12.1 Å². The molecule has 3 unspecified atom stereocenters. The number of nitrogens with two attached hydrogens (primary N) is 1. The fourth-order valence-electron chi connectivity index (χ4n) is 2.23. The number of halogens is 1. The number of hydrogen-bond acceptors (Lipinski definition) is 2. The summed E-state index contributed by atoms with van der Waals surface area (Å²) in [5, 5.41) is 3.38. The van der Waals surface area contributed by atoms with E-state index in [1.807, 2.05) is 13.0 Å². The van der Waals surface area contributed by atoms with Gasteiger partial charge in [-0.15, -0.1) is 0 Å². The standard InChI is InChI=1S/C14H21FN2/c1-9-3-4-13(15)12(5-9)14(7-16)17-8-11-6-10(11)2/h3-5,10-11,14,17H,6-8,16H2,1-2H3. The van der Waals surface area contributed by atoms with Crippen LogP contribution in [0.15, 0.2) is 18.2 Å². The van der Waals surface area contributed by atoms with Crippen molar-refractivity contribution in [2.24, 2.45) is 17.6 Å². The molecular weight excluding hydrogens is 215 g/mol. The van der Waals surface area contributed by atoms with Crippen molar-refractivity contribution in [3.8, 4) is 0 Å². The van der Waals surface area contributed by atoms with E-state index < -0.39 is 0 Å². The highest BCUT2D eigenvalue weighted by molar-refractivity contribution is 5.27. The van der Waals surface area contributed by atoms with Gasteiger partial charge in [0.05, 0.1) is 0 Å². The summed E-state index contributed by atoms with van der Waals surface area (Å²) in [7, 11) is 0. The zero-order valence-corrected chi connectivity index (χ0v) is 10.5. The Hall–Kier alpha value is -0.930. The molecule has 1 saturated carbocycles. The molecule has 0 bridgehead atoms. The number of nitrogens with one attached hydrogen (secondary N) is 1. The molecule has 0 aliphatic heterocycles. The molecule has 3 heteroatoms. The van der Waals surface area contributed by atoms with Gasteiger partial charge in [-0.2, -0.15) is 0 Å². The van der Waals surface area contributed by atoms with Crippen molar-refractivity contribution < 1.29 is 4.39 Å². The van der Waals surface area contributed by atoms with Crippen LogP contribution in [0.2, 0.25) is 0 Å². The maximum absolute atomic E-state index is 13.7. The van der Waals surface area contributed by atoms with Gasteiger partial charge in [0, 0.05) is 18.2 Å². The second-order valence-corrected chi connectivity index (χ2v) is 5.19. The lowest BCUT2D eigenvalue weighted by molar-refractivity contribution is 0.486. The smallest absolute Gasteiger partial charge is 0.128 e. The first-order valence-corrected chi connectivity index (χ1v) is 6.31. The number of rotatable bonds is 5. The zero-order chi connectivity index (χ0) is 12.4. The van der Waals surface area contributed by atoms with Gasteiger partial charge in [-0.25, -0.2) is 4.39 Å². The Bertz CT molecular complexity index is 392. The van der Waals surface area contributed by atoms with Gasteiger partial charge in [0.15, 0.2) is 0 Å². The Balaban J connectivity index is 2.03. The van der Waals surface area contributed by atoms with Crippen molar-refractivity contribution in [1.29, 1.82) is 0 Å². The van der Waals surface area contributed by atoms with E-state index in [0.717, 1.165) is 23.9 Å². The van der Waals surface area contributed by atoms with Crippen LogP contribution in [0.4, 0.5) is 4.39 Å². The Morgan fingerprint density at radius 2 is 2.24 bits per heavy atom. The molecule has 0 radical (unpaired) electrons. The first kappa shape index (κ1) is 12.5. The zero-order valence-electron chi connectivity index (χ0n) is 10.5. The van der Waals surface area contributed by atoms with Crippen molar-refractivity contribution in [2.45, 2.75) is 26.3 Å². The Kier molecular flexibility index (Phi) is 3.79. The van der Waals surface area contributed by atoms with E-state index in [-0.39, 0.29) is 11.9 Å². The van der Waals surface area contributed by atoms with Crippen molar-refractivity contribution in [2.75, 3.05) is 13.1 Å². The number of hydrogen-bond donors (Lipinski definition) is 2. The summed E-state index contributed by atoms with van der Waals surface area (Å²) < 4.78 is 13.7. The number of benzene rings is 1. The maximum atomic E-state index is 13.7. The fourth-order valence-corrected chi connectivity index (χ4v) is 2.23. The Morgan fingerprint density at radius 1 is 1.53 bits per heavy atom. The van der Waals surface area contributed by atoms with Gasteiger partial charge in [0.1, 0.15) is 5.82 Å². The van der Waals surface area contributed by atoms with Gasteiger partial charge >= 0.3 is 0 Å². The lowest BCUT2D eigenvalue weighted by atomic mass is 10.0. The first-order chi connectivity index (χ1) is 8.11. The van der Waals surface area contributed by atoms with E-state index in [9.17, 15) is 4.39 Å². The minimum absolute atomic E-state index is 0.0669. The van der Waals surface area contributed by atoms with Crippen molar-refractivity contribution in [3.05, 3.63) is 35.1 Å². The van der Waals surface area contributed by atoms with Gasteiger partial charge in [-0.1, -0.05) is 24.6 Å². The van der Waals surface area contributed by atoms with Crippen LogP contribution >= 0.6 is 0 Å². The molecule has 17 heavy (non-hydrogen) atoms. The quantitative estimate of drug-likeness (QED) is 0.823. The van der Waals surface area contributed by atoms with Crippen LogP contribution in [-0.4, -0.2) is 13.1 Å². The van der Waals surface area contributed by atoms with Crippen LogP contribution in [0.5, 0.6) is 0 Å². The van der Waals surface area contributed by atoms with Crippen LogP contribution in [0, 0.1) is 24.6 Å². The highest BCUT2D eigenvalue weighted by Gasteiger charge is 2.32.